The van der Waals surface area contributed by atoms with Gasteiger partial charge in [-0.3, -0.25) is 5.32 Å². The Bertz CT molecular complexity index is 840. The van der Waals surface area contributed by atoms with Gasteiger partial charge >= 0.3 is 0 Å². The summed E-state index contributed by atoms with van der Waals surface area (Å²) in [5, 5.41) is 3.60. The van der Waals surface area contributed by atoms with Crippen molar-refractivity contribution < 1.29 is 9.47 Å². The second-order valence-corrected chi connectivity index (χ2v) is 7.65. The van der Waals surface area contributed by atoms with E-state index in [1.807, 2.05) is 0 Å². The first kappa shape index (κ1) is 16.0. The third-order valence-corrected chi connectivity index (χ3v) is 5.61. The van der Waals surface area contributed by atoms with Gasteiger partial charge in [0.2, 0.25) is 5.90 Å². The van der Waals surface area contributed by atoms with Crippen LogP contribution >= 0.6 is 0 Å². The summed E-state index contributed by atoms with van der Waals surface area (Å²) in [6, 6.07) is 0.412. The van der Waals surface area contributed by atoms with Gasteiger partial charge in [0.25, 0.3) is 0 Å². The molecule has 5 atom stereocenters. The minimum absolute atomic E-state index is 0.00266. The summed E-state index contributed by atoms with van der Waals surface area (Å²) >= 11 is 0. The molecule has 3 aliphatic carbocycles. The summed E-state index contributed by atoms with van der Waals surface area (Å²) in [4.78, 5) is 4.78. The van der Waals surface area contributed by atoms with Crippen LogP contribution in [0.5, 0.6) is 0 Å². The third-order valence-electron chi connectivity index (χ3n) is 5.61. The van der Waals surface area contributed by atoms with Crippen LogP contribution in [-0.4, -0.2) is 36.4 Å². The summed E-state index contributed by atoms with van der Waals surface area (Å²) in [5.41, 5.74) is 5.03. The standard InChI is InChI=1S/C22H24N2O2/c1-13-3-9-19-17(11-13)23-21(25-19)15-5-7-16(8-6-15)22-24-18-12-14(2)4-10-20(18)26-22/h3-5,7,9-12,17-21,23H,6,8H2,1-2H3. The van der Waals surface area contributed by atoms with E-state index in [1.165, 1.54) is 22.3 Å². The molecule has 1 saturated heterocycles. The smallest absolute Gasteiger partial charge is 0.213 e. The van der Waals surface area contributed by atoms with Gasteiger partial charge in [-0.2, -0.15) is 0 Å². The predicted octanol–water partition coefficient (Wildman–Crippen LogP) is 3.51. The Hall–Kier alpha value is -2.17. The molecule has 1 N–H and O–H groups in total. The molecule has 0 saturated carbocycles. The lowest BCUT2D eigenvalue weighted by atomic mass is 9.97. The van der Waals surface area contributed by atoms with Crippen LogP contribution in [0, 0.1) is 0 Å². The van der Waals surface area contributed by atoms with Gasteiger partial charge < -0.3 is 9.47 Å². The fraction of sp³-hybridized carbons (Fsp3) is 0.409. The van der Waals surface area contributed by atoms with Crippen LogP contribution < -0.4 is 5.32 Å². The molecule has 1 fully saturated rings. The van der Waals surface area contributed by atoms with Crippen LogP contribution in [0.2, 0.25) is 0 Å². The molecular weight excluding hydrogens is 324 g/mol. The van der Waals surface area contributed by atoms with E-state index in [0.717, 1.165) is 18.7 Å². The van der Waals surface area contributed by atoms with Gasteiger partial charge in [-0.1, -0.05) is 53.7 Å². The minimum Gasteiger partial charge on any atom is -0.467 e. The normalized spacial score (nSPS) is 37.8. The first-order chi connectivity index (χ1) is 12.7. The molecule has 0 bridgehead atoms. The van der Waals surface area contributed by atoms with E-state index in [0.29, 0.717) is 0 Å². The number of nitrogens with one attached hydrogen (secondary N) is 1. The average Bonchev–Trinajstić information content (AvgIpc) is 3.25. The molecule has 2 aliphatic heterocycles. The monoisotopic (exact) mass is 348 g/mol. The zero-order chi connectivity index (χ0) is 17.7. The largest absolute Gasteiger partial charge is 0.467 e. The fourth-order valence-electron chi connectivity index (χ4n) is 4.14. The van der Waals surface area contributed by atoms with Crippen LogP contribution in [0.25, 0.3) is 0 Å². The molecule has 0 amide bonds. The Morgan fingerprint density at radius 1 is 1.00 bits per heavy atom. The van der Waals surface area contributed by atoms with Crippen molar-refractivity contribution in [3.05, 3.63) is 70.9 Å². The van der Waals surface area contributed by atoms with E-state index in [4.69, 9.17) is 14.5 Å². The number of aliphatic imine (C=N–C) groups is 1. The Morgan fingerprint density at radius 2 is 1.81 bits per heavy atom. The number of hydrogen-bond acceptors (Lipinski definition) is 4. The van der Waals surface area contributed by atoms with Crippen molar-refractivity contribution in [2.75, 3.05) is 0 Å². The molecule has 4 heteroatoms. The molecule has 0 radical (unpaired) electrons. The van der Waals surface area contributed by atoms with E-state index >= 15 is 0 Å². The van der Waals surface area contributed by atoms with E-state index in [9.17, 15) is 0 Å². The van der Waals surface area contributed by atoms with Crippen LogP contribution in [-0.2, 0) is 9.47 Å². The highest BCUT2D eigenvalue weighted by Crippen LogP contribution is 2.32. The Kier molecular flexibility index (Phi) is 3.84. The summed E-state index contributed by atoms with van der Waals surface area (Å²) < 4.78 is 12.2. The lowest BCUT2D eigenvalue weighted by Gasteiger charge is -2.20. The number of hydrogen-bond donors (Lipinski definition) is 1. The maximum absolute atomic E-state index is 6.18. The molecule has 4 nitrogen and oxygen atoms in total. The second-order valence-electron chi connectivity index (χ2n) is 7.65. The molecule has 0 aromatic carbocycles. The molecule has 26 heavy (non-hydrogen) atoms. The van der Waals surface area contributed by atoms with Crippen LogP contribution in [0.15, 0.2) is 75.9 Å². The van der Waals surface area contributed by atoms with Gasteiger partial charge in [-0.15, -0.1) is 0 Å². The second kappa shape index (κ2) is 6.22. The highest BCUT2D eigenvalue weighted by atomic mass is 16.5. The number of nitrogens with zero attached hydrogens (tertiary/aromatic N) is 1. The van der Waals surface area contributed by atoms with Gasteiger partial charge in [0.05, 0.1) is 12.1 Å². The molecule has 5 aliphatic rings. The highest BCUT2D eigenvalue weighted by molar-refractivity contribution is 5.95. The van der Waals surface area contributed by atoms with Gasteiger partial charge in [0.1, 0.15) is 18.4 Å². The molecule has 0 aromatic heterocycles. The average molecular weight is 348 g/mol. The predicted molar refractivity (Wildman–Crippen MR) is 103 cm³/mol. The maximum Gasteiger partial charge on any atom is 0.213 e. The van der Waals surface area contributed by atoms with Crippen molar-refractivity contribution in [2.24, 2.45) is 4.99 Å². The highest BCUT2D eigenvalue weighted by Gasteiger charge is 2.36. The van der Waals surface area contributed by atoms with Gasteiger partial charge in [-0.05, 0) is 38.3 Å². The first-order valence-corrected chi connectivity index (χ1v) is 9.45. The van der Waals surface area contributed by atoms with E-state index < -0.39 is 0 Å². The molecule has 5 unspecified atom stereocenters. The van der Waals surface area contributed by atoms with Crippen molar-refractivity contribution in [3.63, 3.8) is 0 Å². The summed E-state index contributed by atoms with van der Waals surface area (Å²) in [6.07, 6.45) is 19.4. The van der Waals surface area contributed by atoms with E-state index in [-0.39, 0.29) is 30.5 Å². The lowest BCUT2D eigenvalue weighted by Crippen LogP contribution is -2.33. The van der Waals surface area contributed by atoms with Gasteiger partial charge in [0, 0.05) is 5.57 Å². The zero-order valence-electron chi connectivity index (χ0n) is 15.2. The third kappa shape index (κ3) is 2.83. The van der Waals surface area contributed by atoms with Gasteiger partial charge in [0.15, 0.2) is 0 Å². The van der Waals surface area contributed by atoms with Crippen molar-refractivity contribution in [1.82, 2.24) is 5.32 Å². The first-order valence-electron chi connectivity index (χ1n) is 9.45. The minimum atomic E-state index is -0.00266. The molecular formula is C22H24N2O2. The number of ether oxygens (including phenoxy) is 2. The SMILES string of the molecule is CC1=CC2N=C(C3=CC=C(C4NC5C=C(C)C=CC5O4)CC3)OC2C=C1. The topological polar surface area (TPSA) is 42.9 Å². The van der Waals surface area contributed by atoms with Crippen molar-refractivity contribution >= 4 is 5.90 Å². The van der Waals surface area contributed by atoms with Gasteiger partial charge in [-0.25, -0.2) is 4.99 Å². The molecule has 0 aromatic rings. The fourth-order valence-corrected chi connectivity index (χ4v) is 4.14. The van der Waals surface area contributed by atoms with Crippen molar-refractivity contribution in [2.45, 2.75) is 57.2 Å². The summed E-state index contributed by atoms with van der Waals surface area (Å²) in [7, 11) is 0. The number of allylic oxidation sites excluding steroid dienone is 6. The lowest BCUT2D eigenvalue weighted by molar-refractivity contribution is 0.0841. The number of fused-ring (bicyclic) bond motifs is 2. The molecule has 134 valence electrons. The van der Waals surface area contributed by atoms with Crippen LogP contribution in [0.3, 0.4) is 0 Å². The van der Waals surface area contributed by atoms with Crippen LogP contribution in [0.4, 0.5) is 0 Å². The Morgan fingerprint density at radius 3 is 2.62 bits per heavy atom. The van der Waals surface area contributed by atoms with E-state index in [2.05, 4.69) is 67.8 Å². The zero-order valence-corrected chi connectivity index (χ0v) is 15.2. The quantitative estimate of drug-likeness (QED) is 0.830. The molecule has 0 spiro atoms. The Balaban J connectivity index is 1.30. The van der Waals surface area contributed by atoms with E-state index in [1.54, 1.807) is 0 Å². The summed E-state index contributed by atoms with van der Waals surface area (Å²) in [5.74, 6) is 0.807. The van der Waals surface area contributed by atoms with Crippen molar-refractivity contribution in [1.29, 1.82) is 0 Å². The molecule has 2 heterocycles. The van der Waals surface area contributed by atoms with Crippen molar-refractivity contribution in [3.8, 4) is 0 Å². The molecule has 5 rings (SSSR count). The maximum atomic E-state index is 6.18. The van der Waals surface area contributed by atoms with Crippen LogP contribution in [0.1, 0.15) is 26.7 Å². The summed E-state index contributed by atoms with van der Waals surface area (Å²) in [6.45, 7) is 4.23. The number of rotatable bonds is 2. The Labute approximate surface area is 154 Å².